The predicted octanol–water partition coefficient (Wildman–Crippen LogP) is 2.63. The molecule has 0 aromatic heterocycles. The topological polar surface area (TPSA) is 81.1 Å². The quantitative estimate of drug-likeness (QED) is 0.753. The Hall–Kier alpha value is -2.04. The molecule has 98 valence electrons. The van der Waals surface area contributed by atoms with Gasteiger partial charge in [-0.05, 0) is 29.8 Å². The molecular weight excluding hydrogens is 262 g/mol. The number of nitrogen functional groups attached to an aromatic ring is 1. The molecule has 0 aliphatic carbocycles. The molecule has 0 unspecified atom stereocenters. The zero-order valence-electron chi connectivity index (χ0n) is 10.2. The van der Waals surface area contributed by atoms with E-state index in [0.29, 0.717) is 28.5 Å². The summed E-state index contributed by atoms with van der Waals surface area (Å²) in [4.78, 5) is 12.0. The number of carbonyl (C=O) groups excluding carboxylic acids is 1. The van der Waals surface area contributed by atoms with E-state index in [1.807, 2.05) is 0 Å². The lowest BCUT2D eigenvalue weighted by Gasteiger charge is -2.09. The summed E-state index contributed by atoms with van der Waals surface area (Å²) < 4.78 is 0. The van der Waals surface area contributed by atoms with Crippen molar-refractivity contribution >= 4 is 28.9 Å². The zero-order chi connectivity index (χ0) is 13.8. The summed E-state index contributed by atoms with van der Waals surface area (Å²) in [5.41, 5.74) is 13.6. The van der Waals surface area contributed by atoms with E-state index < -0.39 is 0 Å². The summed E-state index contributed by atoms with van der Waals surface area (Å²) in [6.07, 6.45) is 0. The third-order valence-electron chi connectivity index (χ3n) is 2.74. The molecule has 0 saturated heterocycles. The van der Waals surface area contributed by atoms with Gasteiger partial charge in [-0.2, -0.15) is 0 Å². The Morgan fingerprint density at radius 1 is 1.21 bits per heavy atom. The van der Waals surface area contributed by atoms with E-state index in [1.54, 1.807) is 42.5 Å². The lowest BCUT2D eigenvalue weighted by atomic mass is 10.1. The van der Waals surface area contributed by atoms with Gasteiger partial charge in [0.05, 0.1) is 5.56 Å². The van der Waals surface area contributed by atoms with Gasteiger partial charge in [0, 0.05) is 22.9 Å². The summed E-state index contributed by atoms with van der Waals surface area (Å²) >= 11 is 6.03. The van der Waals surface area contributed by atoms with Crippen LogP contribution in [0.4, 0.5) is 11.4 Å². The molecular formula is C14H14ClN3O. The second-order valence-corrected chi connectivity index (χ2v) is 4.46. The monoisotopic (exact) mass is 275 g/mol. The minimum Gasteiger partial charge on any atom is -0.398 e. The van der Waals surface area contributed by atoms with Gasteiger partial charge in [-0.3, -0.25) is 4.79 Å². The minimum absolute atomic E-state index is 0.269. The van der Waals surface area contributed by atoms with Gasteiger partial charge in [-0.25, -0.2) is 0 Å². The van der Waals surface area contributed by atoms with Crippen LogP contribution in [0.25, 0.3) is 0 Å². The van der Waals surface area contributed by atoms with Crippen molar-refractivity contribution < 1.29 is 4.79 Å². The average molecular weight is 276 g/mol. The van der Waals surface area contributed by atoms with Crippen LogP contribution in [0.2, 0.25) is 5.02 Å². The van der Waals surface area contributed by atoms with E-state index in [1.165, 1.54) is 0 Å². The fraction of sp³-hybridized carbons (Fsp3) is 0.0714. The number of nitrogens with one attached hydrogen (secondary N) is 1. The van der Waals surface area contributed by atoms with Crippen molar-refractivity contribution in [3.8, 4) is 0 Å². The van der Waals surface area contributed by atoms with E-state index in [9.17, 15) is 4.79 Å². The molecule has 0 heterocycles. The molecule has 0 aliphatic rings. The lowest BCUT2D eigenvalue weighted by molar-refractivity contribution is 0.102. The first-order chi connectivity index (χ1) is 9.11. The minimum atomic E-state index is -0.269. The highest BCUT2D eigenvalue weighted by atomic mass is 35.5. The molecule has 19 heavy (non-hydrogen) atoms. The van der Waals surface area contributed by atoms with Crippen LogP contribution in [0.15, 0.2) is 42.5 Å². The predicted molar refractivity (Wildman–Crippen MR) is 78.2 cm³/mol. The van der Waals surface area contributed by atoms with E-state index in [-0.39, 0.29) is 5.91 Å². The second-order valence-electron chi connectivity index (χ2n) is 4.05. The number of rotatable bonds is 3. The van der Waals surface area contributed by atoms with Crippen LogP contribution in [0, 0.1) is 0 Å². The molecule has 5 heteroatoms. The molecule has 2 rings (SSSR count). The zero-order valence-corrected chi connectivity index (χ0v) is 10.9. The molecule has 5 N–H and O–H groups in total. The lowest BCUT2D eigenvalue weighted by Crippen LogP contribution is -2.14. The number of halogens is 1. The highest BCUT2D eigenvalue weighted by molar-refractivity contribution is 6.31. The Balaban J connectivity index is 2.20. The number of hydrogen-bond acceptors (Lipinski definition) is 3. The molecule has 0 radical (unpaired) electrons. The highest BCUT2D eigenvalue weighted by Gasteiger charge is 2.09. The normalized spacial score (nSPS) is 10.2. The van der Waals surface area contributed by atoms with Crippen molar-refractivity contribution in [1.29, 1.82) is 0 Å². The summed E-state index contributed by atoms with van der Waals surface area (Å²) in [5, 5.41) is 3.28. The van der Waals surface area contributed by atoms with Crippen molar-refractivity contribution in [2.75, 3.05) is 11.1 Å². The van der Waals surface area contributed by atoms with Gasteiger partial charge < -0.3 is 16.8 Å². The third-order valence-corrected chi connectivity index (χ3v) is 3.09. The van der Waals surface area contributed by atoms with Gasteiger partial charge in [-0.15, -0.1) is 0 Å². The Bertz CT molecular complexity index is 613. The van der Waals surface area contributed by atoms with Crippen LogP contribution < -0.4 is 16.8 Å². The van der Waals surface area contributed by atoms with Gasteiger partial charge in [0.1, 0.15) is 0 Å². The Kier molecular flexibility index (Phi) is 4.04. The number of hydrogen-bond donors (Lipinski definition) is 3. The molecule has 0 saturated carbocycles. The van der Waals surface area contributed by atoms with Crippen LogP contribution >= 0.6 is 11.6 Å². The van der Waals surface area contributed by atoms with Crippen LogP contribution in [0.1, 0.15) is 15.9 Å². The molecule has 0 atom stereocenters. The Morgan fingerprint density at radius 2 is 1.95 bits per heavy atom. The Morgan fingerprint density at radius 3 is 2.58 bits per heavy atom. The van der Waals surface area contributed by atoms with Crippen molar-refractivity contribution in [1.82, 2.24) is 0 Å². The van der Waals surface area contributed by atoms with Gasteiger partial charge >= 0.3 is 0 Å². The fourth-order valence-corrected chi connectivity index (χ4v) is 1.95. The first-order valence-corrected chi connectivity index (χ1v) is 6.14. The maximum Gasteiger partial charge on any atom is 0.257 e. The van der Waals surface area contributed by atoms with E-state index in [2.05, 4.69) is 5.32 Å². The van der Waals surface area contributed by atoms with Gasteiger partial charge in [-0.1, -0.05) is 29.8 Å². The first kappa shape index (κ1) is 13.4. The average Bonchev–Trinajstić information content (AvgIpc) is 2.39. The molecule has 4 nitrogen and oxygen atoms in total. The van der Waals surface area contributed by atoms with Crippen LogP contribution in [-0.4, -0.2) is 5.91 Å². The molecule has 2 aromatic rings. The summed E-state index contributed by atoms with van der Waals surface area (Å²) in [6, 6.07) is 12.1. The highest BCUT2D eigenvalue weighted by Crippen LogP contribution is 2.21. The van der Waals surface area contributed by atoms with Crippen molar-refractivity contribution in [3.63, 3.8) is 0 Å². The molecule has 1 amide bonds. The fourth-order valence-electron chi connectivity index (χ4n) is 1.69. The van der Waals surface area contributed by atoms with E-state index >= 15 is 0 Å². The van der Waals surface area contributed by atoms with Crippen LogP contribution in [-0.2, 0) is 6.54 Å². The van der Waals surface area contributed by atoms with Gasteiger partial charge in [0.2, 0.25) is 0 Å². The number of anilines is 2. The van der Waals surface area contributed by atoms with E-state index in [0.717, 1.165) is 5.56 Å². The smallest absolute Gasteiger partial charge is 0.257 e. The molecule has 0 fully saturated rings. The number of para-hydroxylation sites is 1. The molecule has 0 spiro atoms. The van der Waals surface area contributed by atoms with Crippen molar-refractivity contribution in [2.24, 2.45) is 5.73 Å². The van der Waals surface area contributed by atoms with Crippen molar-refractivity contribution in [3.05, 3.63) is 58.6 Å². The molecule has 2 aromatic carbocycles. The standard InChI is InChI=1S/C14H14ClN3O/c15-12-7-10(6-5-9(12)8-16)18-14(19)11-3-1-2-4-13(11)17/h1-7H,8,16-17H2,(H,18,19). The number of nitrogens with two attached hydrogens (primary N) is 2. The van der Waals surface area contributed by atoms with Gasteiger partial charge in [0.25, 0.3) is 5.91 Å². The number of amides is 1. The SMILES string of the molecule is NCc1ccc(NC(=O)c2ccccc2N)cc1Cl. The summed E-state index contributed by atoms with van der Waals surface area (Å²) in [5.74, 6) is -0.269. The van der Waals surface area contributed by atoms with Crippen molar-refractivity contribution in [2.45, 2.75) is 6.54 Å². The largest absolute Gasteiger partial charge is 0.398 e. The molecule has 0 aliphatic heterocycles. The number of carbonyl (C=O) groups is 1. The number of benzene rings is 2. The maximum atomic E-state index is 12.0. The summed E-state index contributed by atoms with van der Waals surface area (Å²) in [6.45, 7) is 0.360. The van der Waals surface area contributed by atoms with E-state index in [4.69, 9.17) is 23.1 Å². The van der Waals surface area contributed by atoms with Crippen LogP contribution in [0.5, 0.6) is 0 Å². The third kappa shape index (κ3) is 3.05. The Labute approximate surface area is 116 Å². The molecule has 0 bridgehead atoms. The second kappa shape index (κ2) is 5.73. The first-order valence-electron chi connectivity index (χ1n) is 5.76. The van der Waals surface area contributed by atoms with Gasteiger partial charge in [0.15, 0.2) is 0 Å². The van der Waals surface area contributed by atoms with Crippen LogP contribution in [0.3, 0.4) is 0 Å². The maximum absolute atomic E-state index is 12.0. The summed E-state index contributed by atoms with van der Waals surface area (Å²) in [7, 11) is 0.